The summed E-state index contributed by atoms with van der Waals surface area (Å²) in [6, 6.07) is 3.97. The zero-order valence-corrected chi connectivity index (χ0v) is 12.5. The van der Waals surface area contributed by atoms with E-state index in [1.165, 1.54) is 18.0 Å². The first-order chi connectivity index (χ1) is 10.8. The van der Waals surface area contributed by atoms with Gasteiger partial charge in [-0.2, -0.15) is 13.2 Å². The first kappa shape index (κ1) is 16.9. The third-order valence-corrected chi connectivity index (χ3v) is 3.55. The minimum Gasteiger partial charge on any atom is -0.368 e. The lowest BCUT2D eigenvalue weighted by Gasteiger charge is -2.36. The first-order valence-electron chi connectivity index (χ1n) is 7.01. The zero-order valence-electron chi connectivity index (χ0n) is 12.5. The molecule has 0 bridgehead atoms. The second-order valence-electron chi connectivity index (χ2n) is 5.03. The van der Waals surface area contributed by atoms with Gasteiger partial charge in [0.15, 0.2) is 0 Å². The highest BCUT2D eigenvalue weighted by molar-refractivity contribution is 5.93. The predicted molar refractivity (Wildman–Crippen MR) is 78.2 cm³/mol. The number of amides is 4. The Morgan fingerprint density at radius 1 is 1.13 bits per heavy atom. The van der Waals surface area contributed by atoms with Gasteiger partial charge in [0, 0.05) is 38.9 Å². The number of anilines is 1. The number of halogens is 3. The maximum atomic E-state index is 12.7. The molecule has 0 aliphatic carbocycles. The number of rotatable bonds is 1. The van der Waals surface area contributed by atoms with Crippen molar-refractivity contribution in [3.8, 4) is 0 Å². The second-order valence-corrected chi connectivity index (χ2v) is 5.03. The minimum absolute atomic E-state index is 0.319. The molecule has 6 nitrogen and oxygen atoms in total. The average Bonchev–Trinajstić information content (AvgIpc) is 2.54. The van der Waals surface area contributed by atoms with Gasteiger partial charge in [-0.15, -0.1) is 0 Å². The Morgan fingerprint density at radius 2 is 1.78 bits per heavy atom. The summed E-state index contributed by atoms with van der Waals surface area (Å²) in [5.74, 6) is 0. The number of hydrogen-bond donors (Lipinski definition) is 2. The second kappa shape index (κ2) is 6.76. The van der Waals surface area contributed by atoms with Crippen LogP contribution in [-0.2, 0) is 6.18 Å². The van der Waals surface area contributed by atoms with Crippen molar-refractivity contribution in [2.75, 3.05) is 38.1 Å². The molecule has 1 aromatic rings. The van der Waals surface area contributed by atoms with E-state index in [1.807, 2.05) is 0 Å². The highest BCUT2D eigenvalue weighted by Crippen LogP contribution is 2.31. The van der Waals surface area contributed by atoms with Crippen molar-refractivity contribution in [1.82, 2.24) is 15.5 Å². The quantitative estimate of drug-likeness (QED) is 0.826. The Hall–Kier alpha value is -2.45. The number of nitrogens with one attached hydrogen (secondary N) is 2. The molecule has 0 atom stereocenters. The van der Waals surface area contributed by atoms with Crippen LogP contribution in [0.2, 0.25) is 0 Å². The van der Waals surface area contributed by atoms with Crippen LogP contribution in [0, 0.1) is 0 Å². The summed E-state index contributed by atoms with van der Waals surface area (Å²) >= 11 is 0. The molecule has 1 heterocycles. The van der Waals surface area contributed by atoms with Crippen molar-refractivity contribution in [3.63, 3.8) is 0 Å². The van der Waals surface area contributed by atoms with Gasteiger partial charge in [-0.05, 0) is 18.2 Å². The van der Waals surface area contributed by atoms with E-state index in [0.717, 1.165) is 12.1 Å². The fraction of sp³-hybridized carbons (Fsp3) is 0.429. The van der Waals surface area contributed by atoms with E-state index in [-0.39, 0.29) is 0 Å². The van der Waals surface area contributed by atoms with Crippen molar-refractivity contribution < 1.29 is 22.8 Å². The Kier molecular flexibility index (Phi) is 4.97. The van der Waals surface area contributed by atoms with Gasteiger partial charge in [0.2, 0.25) is 0 Å². The molecule has 0 spiro atoms. The molecule has 9 heteroatoms. The molecule has 23 heavy (non-hydrogen) atoms. The van der Waals surface area contributed by atoms with Gasteiger partial charge < -0.3 is 15.1 Å². The molecule has 0 aromatic heterocycles. The molecule has 1 aromatic carbocycles. The number of alkyl halides is 3. The van der Waals surface area contributed by atoms with E-state index >= 15 is 0 Å². The smallest absolute Gasteiger partial charge is 0.368 e. The summed E-state index contributed by atoms with van der Waals surface area (Å²) in [4.78, 5) is 26.1. The van der Waals surface area contributed by atoms with E-state index in [2.05, 4.69) is 10.6 Å². The van der Waals surface area contributed by atoms with Crippen molar-refractivity contribution in [2.45, 2.75) is 6.18 Å². The highest BCUT2D eigenvalue weighted by Gasteiger charge is 2.31. The lowest BCUT2D eigenvalue weighted by Crippen LogP contribution is -2.54. The number of hydrogen-bond acceptors (Lipinski definition) is 3. The molecular weight excluding hydrogens is 313 g/mol. The molecule has 1 aliphatic heterocycles. The number of carbonyl (C=O) groups is 2. The molecule has 0 saturated carbocycles. The number of carbonyl (C=O) groups excluding carboxylic acids is 2. The van der Waals surface area contributed by atoms with Gasteiger partial charge in [0.25, 0.3) is 0 Å². The van der Waals surface area contributed by atoms with Crippen molar-refractivity contribution in [3.05, 3.63) is 29.8 Å². The molecule has 1 aliphatic rings. The molecular formula is C14H17F3N4O2. The average molecular weight is 330 g/mol. The topological polar surface area (TPSA) is 64.7 Å². The summed E-state index contributed by atoms with van der Waals surface area (Å²) < 4.78 is 38.2. The van der Waals surface area contributed by atoms with E-state index in [0.29, 0.717) is 31.9 Å². The highest BCUT2D eigenvalue weighted by atomic mass is 19.4. The van der Waals surface area contributed by atoms with Crippen LogP contribution in [0.5, 0.6) is 0 Å². The molecule has 2 N–H and O–H groups in total. The van der Waals surface area contributed by atoms with Crippen LogP contribution >= 0.6 is 0 Å². The van der Waals surface area contributed by atoms with Gasteiger partial charge in [-0.3, -0.25) is 5.32 Å². The molecule has 4 amide bonds. The number of urea groups is 2. The third kappa shape index (κ3) is 4.27. The molecule has 0 radical (unpaired) electrons. The number of piperazine rings is 1. The molecule has 126 valence electrons. The minimum atomic E-state index is -4.38. The Balaban J connectivity index is 1.97. The molecule has 2 rings (SSSR count). The fourth-order valence-electron chi connectivity index (χ4n) is 2.29. The van der Waals surface area contributed by atoms with Gasteiger partial charge >= 0.3 is 18.2 Å². The summed E-state index contributed by atoms with van der Waals surface area (Å²) in [6.07, 6.45) is -4.38. The van der Waals surface area contributed by atoms with Gasteiger partial charge in [-0.1, -0.05) is 6.07 Å². The summed E-state index contributed by atoms with van der Waals surface area (Å²) in [5, 5.41) is 4.43. The van der Waals surface area contributed by atoms with Crippen LogP contribution in [0.3, 0.4) is 0 Å². The Labute approximate surface area is 131 Å². The summed E-state index contributed by atoms with van der Waals surface area (Å²) in [5.41, 5.74) is -0.235. The predicted octanol–water partition coefficient (Wildman–Crippen LogP) is 1.88. The van der Waals surface area contributed by atoms with E-state index in [4.69, 9.17) is 0 Å². The summed E-state index contributed by atoms with van der Waals surface area (Å²) in [7, 11) is 1.40. The largest absolute Gasteiger partial charge is 0.416 e. The van der Waals surface area contributed by atoms with Crippen molar-refractivity contribution in [1.29, 1.82) is 0 Å². The van der Waals surface area contributed by atoms with Crippen LogP contribution in [0.15, 0.2) is 24.3 Å². The van der Waals surface area contributed by atoms with Gasteiger partial charge in [0.05, 0.1) is 5.56 Å². The summed E-state index contributed by atoms with van der Waals surface area (Å²) in [6.45, 7) is 1.42. The lowest BCUT2D eigenvalue weighted by molar-refractivity contribution is -0.137. The number of imide groups is 1. The van der Waals surface area contributed by atoms with Crippen molar-refractivity contribution in [2.24, 2.45) is 0 Å². The standard InChI is InChI=1S/C14H17F3N4O2/c1-18-12(22)19-13(23)21-7-5-20(6-8-21)11-4-2-3-10(9-11)14(15,16)17/h2-4,9H,5-8H2,1H3,(H2,18,19,22,23). The van der Waals surface area contributed by atoms with E-state index in [9.17, 15) is 22.8 Å². The van der Waals surface area contributed by atoms with Crippen LogP contribution < -0.4 is 15.5 Å². The maximum Gasteiger partial charge on any atom is 0.416 e. The Bertz CT molecular complexity index is 584. The van der Waals surface area contributed by atoms with E-state index < -0.39 is 23.8 Å². The fourth-order valence-corrected chi connectivity index (χ4v) is 2.29. The molecule has 1 saturated heterocycles. The maximum absolute atomic E-state index is 12.7. The third-order valence-electron chi connectivity index (χ3n) is 3.55. The normalized spacial score (nSPS) is 15.3. The monoisotopic (exact) mass is 330 g/mol. The van der Waals surface area contributed by atoms with Crippen LogP contribution in [0.4, 0.5) is 28.4 Å². The number of nitrogens with zero attached hydrogens (tertiary/aromatic N) is 2. The number of benzene rings is 1. The van der Waals surface area contributed by atoms with E-state index in [1.54, 1.807) is 11.0 Å². The molecule has 0 unspecified atom stereocenters. The Morgan fingerprint density at radius 3 is 2.35 bits per heavy atom. The molecule has 1 fully saturated rings. The van der Waals surface area contributed by atoms with Gasteiger partial charge in [0.1, 0.15) is 0 Å². The van der Waals surface area contributed by atoms with Gasteiger partial charge in [-0.25, -0.2) is 9.59 Å². The SMILES string of the molecule is CNC(=O)NC(=O)N1CCN(c2cccc(C(F)(F)F)c2)CC1. The van der Waals surface area contributed by atoms with Crippen LogP contribution in [0.25, 0.3) is 0 Å². The lowest BCUT2D eigenvalue weighted by atomic mass is 10.1. The van der Waals surface area contributed by atoms with Crippen LogP contribution in [-0.4, -0.2) is 50.2 Å². The van der Waals surface area contributed by atoms with Crippen LogP contribution in [0.1, 0.15) is 5.56 Å². The first-order valence-corrected chi connectivity index (χ1v) is 7.01. The van der Waals surface area contributed by atoms with Crippen molar-refractivity contribution >= 4 is 17.7 Å². The zero-order chi connectivity index (χ0) is 17.0.